The summed E-state index contributed by atoms with van der Waals surface area (Å²) < 4.78 is 32.4. The number of pyridine rings is 1. The summed E-state index contributed by atoms with van der Waals surface area (Å²) in [6.45, 7) is 7.68. The van der Waals surface area contributed by atoms with Gasteiger partial charge in [-0.1, -0.05) is 6.58 Å². The van der Waals surface area contributed by atoms with Gasteiger partial charge in [-0.15, -0.1) is 0 Å². The molecule has 2 fully saturated rings. The predicted octanol–water partition coefficient (Wildman–Crippen LogP) is 4.74. The Hall–Kier alpha value is -5.01. The fourth-order valence-corrected chi connectivity index (χ4v) is 5.41. The number of halogens is 1. The van der Waals surface area contributed by atoms with Gasteiger partial charge in [0.05, 0.1) is 37.2 Å². The number of likely N-dealkylation sites (tertiary alicyclic amines) is 1. The van der Waals surface area contributed by atoms with Crippen LogP contribution in [0.5, 0.6) is 17.2 Å². The lowest BCUT2D eigenvalue weighted by Crippen LogP contribution is -2.41. The van der Waals surface area contributed by atoms with Crippen LogP contribution in [0, 0.1) is 5.82 Å². The molecule has 2 aliphatic heterocycles. The molecular weight excluding hydrogens is 593 g/mol. The molecule has 6 rings (SSSR count). The summed E-state index contributed by atoms with van der Waals surface area (Å²) >= 11 is 0. The van der Waals surface area contributed by atoms with Crippen molar-refractivity contribution in [3.8, 4) is 17.2 Å². The lowest BCUT2D eigenvalue weighted by Gasteiger charge is -2.32. The highest BCUT2D eigenvalue weighted by molar-refractivity contribution is 5.95. The predicted molar refractivity (Wildman–Crippen MR) is 175 cm³/mol. The van der Waals surface area contributed by atoms with Crippen LogP contribution in [0.15, 0.2) is 67.6 Å². The number of anilines is 4. The van der Waals surface area contributed by atoms with Crippen LogP contribution in [0.2, 0.25) is 0 Å². The first-order valence-electron chi connectivity index (χ1n) is 15.0. The maximum absolute atomic E-state index is 15.3. The van der Waals surface area contributed by atoms with Gasteiger partial charge >= 0.3 is 0 Å². The summed E-state index contributed by atoms with van der Waals surface area (Å²) in [5.41, 5.74) is 1.65. The first-order valence-corrected chi connectivity index (χ1v) is 15.0. The number of piperidine rings is 1. The van der Waals surface area contributed by atoms with Gasteiger partial charge in [0.15, 0.2) is 0 Å². The number of aliphatic hydroxyl groups is 1. The highest BCUT2D eigenvalue weighted by Crippen LogP contribution is 2.35. The zero-order chi connectivity index (χ0) is 32.5. The van der Waals surface area contributed by atoms with Crippen molar-refractivity contribution in [3.05, 3.63) is 73.5 Å². The average molecular weight is 632 g/mol. The number of hydrogen-bond donors (Lipinski definition) is 3. The number of nitrogens with zero attached hydrogens (tertiary/aromatic N) is 5. The van der Waals surface area contributed by atoms with Crippen LogP contribution in [0.3, 0.4) is 0 Å². The Labute approximate surface area is 266 Å². The molecule has 0 atom stereocenters. The van der Waals surface area contributed by atoms with Gasteiger partial charge in [0.1, 0.15) is 41.0 Å². The summed E-state index contributed by atoms with van der Waals surface area (Å²) in [6, 6.07) is 12.1. The monoisotopic (exact) mass is 631 g/mol. The van der Waals surface area contributed by atoms with Gasteiger partial charge in [-0.25, -0.2) is 19.3 Å². The topological polar surface area (TPSA) is 134 Å². The summed E-state index contributed by atoms with van der Waals surface area (Å²) in [5, 5.41) is 14.4. The molecule has 4 aromatic rings. The Morgan fingerprint density at radius 3 is 2.50 bits per heavy atom. The maximum atomic E-state index is 15.3. The molecular formula is C33H38FN7O5. The minimum atomic E-state index is -0.496. The molecule has 242 valence electrons. The van der Waals surface area contributed by atoms with Crippen LogP contribution in [0.1, 0.15) is 12.8 Å². The lowest BCUT2D eigenvalue weighted by atomic mass is 10.0. The quantitative estimate of drug-likeness (QED) is 0.221. The molecule has 13 heteroatoms. The van der Waals surface area contributed by atoms with E-state index in [0.717, 1.165) is 44.5 Å². The third-order valence-corrected chi connectivity index (χ3v) is 7.78. The third-order valence-electron chi connectivity index (χ3n) is 7.78. The second-order valence-electron chi connectivity index (χ2n) is 10.6. The van der Waals surface area contributed by atoms with E-state index in [2.05, 4.69) is 37.1 Å². The van der Waals surface area contributed by atoms with Crippen molar-refractivity contribution >= 4 is 39.8 Å². The van der Waals surface area contributed by atoms with Crippen molar-refractivity contribution in [1.82, 2.24) is 19.9 Å². The molecule has 46 heavy (non-hydrogen) atoms. The molecule has 12 nitrogen and oxygen atoms in total. The molecule has 4 heterocycles. The molecule has 0 saturated carbocycles. The van der Waals surface area contributed by atoms with E-state index in [9.17, 15) is 4.79 Å². The minimum absolute atomic E-state index is 0.0540. The Bertz CT molecular complexity index is 1660. The van der Waals surface area contributed by atoms with Crippen LogP contribution in [-0.2, 0) is 9.53 Å². The number of fused-ring (bicyclic) bond motifs is 1. The number of methoxy groups -OCH3 is 1. The molecule has 2 aromatic heterocycles. The molecule has 2 saturated heterocycles. The molecule has 2 aromatic carbocycles. The van der Waals surface area contributed by atoms with Gasteiger partial charge in [0.25, 0.3) is 0 Å². The number of carbonyl (C=O) groups excluding carboxylic acids is 1. The highest BCUT2D eigenvalue weighted by atomic mass is 19.1. The van der Waals surface area contributed by atoms with E-state index in [4.69, 9.17) is 19.3 Å². The van der Waals surface area contributed by atoms with Gasteiger partial charge in [-0.3, -0.25) is 4.79 Å². The second kappa shape index (κ2) is 15.3. The first-order chi connectivity index (χ1) is 22.5. The van der Waals surface area contributed by atoms with E-state index in [-0.39, 0.29) is 17.6 Å². The van der Waals surface area contributed by atoms with Crippen molar-refractivity contribution in [2.75, 3.05) is 69.1 Å². The third kappa shape index (κ3) is 7.61. The molecule has 0 bridgehead atoms. The van der Waals surface area contributed by atoms with E-state index in [1.54, 1.807) is 36.4 Å². The lowest BCUT2D eigenvalue weighted by molar-refractivity contribution is -0.126. The molecule has 0 spiro atoms. The zero-order valence-electron chi connectivity index (χ0n) is 25.9. The van der Waals surface area contributed by atoms with E-state index in [1.807, 2.05) is 18.2 Å². The fourth-order valence-electron chi connectivity index (χ4n) is 5.41. The summed E-state index contributed by atoms with van der Waals surface area (Å²) in [4.78, 5) is 29.1. The van der Waals surface area contributed by atoms with Crippen LogP contribution in [0.4, 0.5) is 27.4 Å². The number of morpholine rings is 1. The van der Waals surface area contributed by atoms with Crippen molar-refractivity contribution in [3.63, 3.8) is 0 Å². The number of nitrogens with one attached hydrogen (secondary N) is 2. The standard InChI is InChI=1S/C32H34FN7O4.CH4O/c1-3-31(41)40-10-7-21(8-11-40)37-28-18-24-27(19-29(28)42-2)35-20-36-32(24)38-26-5-4-22(16-25(26)33)44-23-6-9-34-30(17-23)39-12-14-43-15-13-39;1-2/h3-6,9,16-21,37H,1,7-8,10-15H2,2H3,(H,35,36,38);2H,1H3. The number of hydrogen-bond acceptors (Lipinski definition) is 11. The molecule has 1 amide bonds. The van der Waals surface area contributed by atoms with Crippen molar-refractivity contribution in [1.29, 1.82) is 0 Å². The normalized spacial score (nSPS) is 15.0. The Balaban J connectivity index is 0.00000204. The number of amides is 1. The second-order valence-corrected chi connectivity index (χ2v) is 10.6. The van der Waals surface area contributed by atoms with Crippen molar-refractivity contribution < 1.29 is 28.5 Å². The highest BCUT2D eigenvalue weighted by Gasteiger charge is 2.23. The molecule has 2 aliphatic rings. The summed E-state index contributed by atoms with van der Waals surface area (Å²) in [6.07, 6.45) is 6.02. The first kappa shape index (κ1) is 32.4. The molecule has 0 radical (unpaired) electrons. The number of carbonyl (C=O) groups is 1. The zero-order valence-corrected chi connectivity index (χ0v) is 25.9. The van der Waals surface area contributed by atoms with Crippen LogP contribution in [-0.4, -0.2) is 90.5 Å². The van der Waals surface area contributed by atoms with E-state index in [0.29, 0.717) is 60.3 Å². The summed E-state index contributed by atoms with van der Waals surface area (Å²) in [7, 11) is 2.60. The number of aromatic nitrogens is 3. The van der Waals surface area contributed by atoms with E-state index < -0.39 is 5.82 Å². The Morgan fingerprint density at radius 2 is 1.78 bits per heavy atom. The molecule has 0 unspecified atom stereocenters. The number of rotatable bonds is 9. The number of ether oxygens (including phenoxy) is 3. The average Bonchev–Trinajstić information content (AvgIpc) is 3.10. The maximum Gasteiger partial charge on any atom is 0.245 e. The van der Waals surface area contributed by atoms with Gasteiger partial charge in [0.2, 0.25) is 5.91 Å². The van der Waals surface area contributed by atoms with Crippen LogP contribution >= 0.6 is 0 Å². The van der Waals surface area contributed by atoms with E-state index in [1.165, 1.54) is 18.5 Å². The van der Waals surface area contributed by atoms with Gasteiger partial charge in [-0.05, 0) is 43.2 Å². The van der Waals surface area contributed by atoms with Gasteiger partial charge < -0.3 is 39.8 Å². The SMILES string of the molecule is C=CC(=O)N1CCC(Nc2cc3c(Nc4ccc(Oc5ccnc(N6CCOCC6)c5)cc4F)ncnc3cc2OC)CC1.CO. The van der Waals surface area contributed by atoms with Crippen molar-refractivity contribution in [2.24, 2.45) is 0 Å². The number of benzene rings is 2. The molecule has 0 aliphatic carbocycles. The smallest absolute Gasteiger partial charge is 0.245 e. The Morgan fingerprint density at radius 1 is 1.02 bits per heavy atom. The number of aliphatic hydroxyl groups excluding tert-OH is 1. The Kier molecular flexibility index (Phi) is 10.8. The van der Waals surface area contributed by atoms with Crippen molar-refractivity contribution in [2.45, 2.75) is 18.9 Å². The van der Waals surface area contributed by atoms with E-state index >= 15 is 4.39 Å². The summed E-state index contributed by atoms with van der Waals surface area (Å²) in [5.74, 6) is 2.24. The minimum Gasteiger partial charge on any atom is -0.495 e. The largest absolute Gasteiger partial charge is 0.495 e. The molecule has 3 N–H and O–H groups in total. The van der Waals surface area contributed by atoms with Crippen LogP contribution < -0.4 is 25.0 Å². The van der Waals surface area contributed by atoms with Gasteiger partial charge in [-0.2, -0.15) is 0 Å². The van der Waals surface area contributed by atoms with Crippen LogP contribution in [0.25, 0.3) is 10.9 Å². The fraction of sp³-hybridized carbons (Fsp3) is 0.333. The van der Waals surface area contributed by atoms with Gasteiger partial charge in [0, 0.05) is 69.1 Å².